The van der Waals surface area contributed by atoms with Crippen molar-refractivity contribution in [3.63, 3.8) is 0 Å². The average molecular weight is 143 g/mol. The van der Waals surface area contributed by atoms with Crippen LogP contribution in [0.3, 0.4) is 0 Å². The predicted molar refractivity (Wildman–Crippen MR) is 46.9 cm³/mol. The van der Waals surface area contributed by atoms with Gasteiger partial charge in [0.2, 0.25) is 0 Å². The van der Waals surface area contributed by atoms with Crippen molar-refractivity contribution < 1.29 is 0 Å². The normalized spacial score (nSPS) is 17.4. The smallest absolute Gasteiger partial charge is 0.00105 e. The van der Waals surface area contributed by atoms with E-state index in [-0.39, 0.29) is 0 Å². The Balaban J connectivity index is 3.30. The zero-order chi connectivity index (χ0) is 8.15. The Morgan fingerprint density at radius 3 is 1.80 bits per heavy atom. The second-order valence-electron chi connectivity index (χ2n) is 3.78. The van der Waals surface area contributed by atoms with Gasteiger partial charge in [-0.2, -0.15) is 0 Å². The molecule has 2 atom stereocenters. The molecule has 0 aliphatic rings. The Hall–Kier alpha value is -0.0400. The summed E-state index contributed by atoms with van der Waals surface area (Å²) >= 11 is 0. The minimum Gasteiger partial charge on any atom is -0.328 e. The zero-order valence-electron chi connectivity index (χ0n) is 7.72. The lowest BCUT2D eigenvalue weighted by Gasteiger charge is -2.15. The first kappa shape index (κ1) is 9.96. The van der Waals surface area contributed by atoms with Gasteiger partial charge in [-0.25, -0.2) is 0 Å². The first-order valence-electron chi connectivity index (χ1n) is 4.29. The van der Waals surface area contributed by atoms with Gasteiger partial charge in [0.15, 0.2) is 0 Å². The van der Waals surface area contributed by atoms with E-state index < -0.39 is 0 Å². The van der Waals surface area contributed by atoms with Crippen LogP contribution in [-0.2, 0) is 0 Å². The maximum absolute atomic E-state index is 5.64. The van der Waals surface area contributed by atoms with Crippen molar-refractivity contribution in [2.24, 2.45) is 17.6 Å². The van der Waals surface area contributed by atoms with Crippen molar-refractivity contribution >= 4 is 0 Å². The second kappa shape index (κ2) is 4.73. The first-order chi connectivity index (χ1) is 4.54. The molecule has 2 N–H and O–H groups in total. The maximum Gasteiger partial charge on any atom is 0.00105 e. The predicted octanol–water partition coefficient (Wildman–Crippen LogP) is 2.41. The molecule has 62 valence electrons. The summed E-state index contributed by atoms with van der Waals surface area (Å²) in [6, 6.07) is 0.376. The van der Waals surface area contributed by atoms with E-state index in [9.17, 15) is 0 Å². The molecule has 10 heavy (non-hydrogen) atoms. The molecule has 0 bridgehead atoms. The number of rotatable bonds is 4. The lowest BCUT2D eigenvalue weighted by Crippen LogP contribution is -2.16. The Morgan fingerprint density at radius 2 is 1.50 bits per heavy atom. The fraction of sp³-hybridized carbons (Fsp3) is 1.00. The van der Waals surface area contributed by atoms with Gasteiger partial charge in [-0.3, -0.25) is 0 Å². The van der Waals surface area contributed by atoms with E-state index in [2.05, 4.69) is 27.7 Å². The third-order valence-electron chi connectivity index (χ3n) is 2.22. The van der Waals surface area contributed by atoms with Crippen molar-refractivity contribution in [1.82, 2.24) is 0 Å². The van der Waals surface area contributed by atoms with E-state index in [0.29, 0.717) is 6.04 Å². The van der Waals surface area contributed by atoms with Gasteiger partial charge < -0.3 is 5.73 Å². The Morgan fingerprint density at radius 1 is 1.00 bits per heavy atom. The van der Waals surface area contributed by atoms with Crippen LogP contribution in [0.15, 0.2) is 0 Å². The lowest BCUT2D eigenvalue weighted by molar-refractivity contribution is 0.371. The molecule has 0 aliphatic carbocycles. The monoisotopic (exact) mass is 143 g/mol. The SMILES string of the molecule is CC(C)[C@H](C)CC[C@@H](C)N. The highest BCUT2D eigenvalue weighted by atomic mass is 14.6. The largest absolute Gasteiger partial charge is 0.328 e. The zero-order valence-corrected chi connectivity index (χ0v) is 7.72. The van der Waals surface area contributed by atoms with Gasteiger partial charge in [0.05, 0.1) is 0 Å². The summed E-state index contributed by atoms with van der Waals surface area (Å²) in [6.45, 7) is 8.91. The fourth-order valence-electron chi connectivity index (χ4n) is 0.859. The molecule has 1 nitrogen and oxygen atoms in total. The summed E-state index contributed by atoms with van der Waals surface area (Å²) in [6.07, 6.45) is 2.44. The topological polar surface area (TPSA) is 26.0 Å². The third kappa shape index (κ3) is 4.80. The van der Waals surface area contributed by atoms with Crippen LogP contribution in [0.2, 0.25) is 0 Å². The van der Waals surface area contributed by atoms with Crippen LogP contribution in [0, 0.1) is 11.8 Å². The van der Waals surface area contributed by atoms with Crippen molar-refractivity contribution in [3.05, 3.63) is 0 Å². The van der Waals surface area contributed by atoms with Crippen LogP contribution in [0.25, 0.3) is 0 Å². The van der Waals surface area contributed by atoms with E-state index in [1.807, 2.05) is 0 Å². The van der Waals surface area contributed by atoms with Crippen LogP contribution in [0.1, 0.15) is 40.5 Å². The van der Waals surface area contributed by atoms with Crippen molar-refractivity contribution in [3.8, 4) is 0 Å². The molecule has 0 heterocycles. The Labute approximate surface area is 65.0 Å². The molecule has 0 spiro atoms. The molecule has 0 amide bonds. The summed E-state index contributed by atoms with van der Waals surface area (Å²) in [5, 5.41) is 0. The molecule has 0 radical (unpaired) electrons. The molecule has 0 aliphatic heterocycles. The van der Waals surface area contributed by atoms with E-state index in [4.69, 9.17) is 5.73 Å². The van der Waals surface area contributed by atoms with Crippen LogP contribution in [0.4, 0.5) is 0 Å². The minimum absolute atomic E-state index is 0.376. The Bertz CT molecular complexity index is 76.8. The van der Waals surface area contributed by atoms with Gasteiger partial charge in [0.25, 0.3) is 0 Å². The standard InChI is InChI=1S/C9H21N/c1-7(2)8(3)5-6-9(4)10/h7-9H,5-6,10H2,1-4H3/t8-,9-/m1/s1. The van der Waals surface area contributed by atoms with Crippen molar-refractivity contribution in [1.29, 1.82) is 0 Å². The summed E-state index contributed by atoms with van der Waals surface area (Å²) < 4.78 is 0. The first-order valence-corrected chi connectivity index (χ1v) is 4.29. The molecule has 0 fully saturated rings. The van der Waals surface area contributed by atoms with Crippen molar-refractivity contribution in [2.75, 3.05) is 0 Å². The summed E-state index contributed by atoms with van der Waals surface area (Å²) in [5.74, 6) is 1.63. The van der Waals surface area contributed by atoms with Gasteiger partial charge in [-0.05, 0) is 31.6 Å². The molecular weight excluding hydrogens is 122 g/mol. The summed E-state index contributed by atoms with van der Waals surface area (Å²) in [5.41, 5.74) is 5.64. The van der Waals surface area contributed by atoms with Crippen LogP contribution < -0.4 is 5.73 Å². The van der Waals surface area contributed by atoms with Gasteiger partial charge in [0, 0.05) is 6.04 Å². The van der Waals surface area contributed by atoms with Gasteiger partial charge in [-0.15, -0.1) is 0 Å². The quantitative estimate of drug-likeness (QED) is 0.642. The van der Waals surface area contributed by atoms with Crippen LogP contribution in [0.5, 0.6) is 0 Å². The van der Waals surface area contributed by atoms with Gasteiger partial charge >= 0.3 is 0 Å². The molecule has 0 saturated carbocycles. The molecule has 0 unspecified atom stereocenters. The fourth-order valence-corrected chi connectivity index (χ4v) is 0.859. The molecule has 0 saturated heterocycles. The van der Waals surface area contributed by atoms with Crippen molar-refractivity contribution in [2.45, 2.75) is 46.6 Å². The molecular formula is C9H21N. The highest BCUT2D eigenvalue weighted by molar-refractivity contribution is 4.61. The maximum atomic E-state index is 5.64. The van der Waals surface area contributed by atoms with Gasteiger partial charge in [-0.1, -0.05) is 20.8 Å². The van der Waals surface area contributed by atoms with Crippen LogP contribution in [-0.4, -0.2) is 6.04 Å². The number of nitrogens with two attached hydrogens (primary N) is 1. The molecule has 0 aromatic carbocycles. The second-order valence-corrected chi connectivity index (χ2v) is 3.78. The van der Waals surface area contributed by atoms with Gasteiger partial charge in [0.1, 0.15) is 0 Å². The molecule has 0 aromatic rings. The van der Waals surface area contributed by atoms with Crippen LogP contribution >= 0.6 is 0 Å². The average Bonchev–Trinajstić information content (AvgIpc) is 1.82. The molecule has 1 heteroatoms. The highest BCUT2D eigenvalue weighted by Crippen LogP contribution is 2.16. The lowest BCUT2D eigenvalue weighted by atomic mass is 9.92. The third-order valence-corrected chi connectivity index (χ3v) is 2.22. The molecule has 0 rings (SSSR count). The summed E-state index contributed by atoms with van der Waals surface area (Å²) in [7, 11) is 0. The Kier molecular flexibility index (Phi) is 4.71. The minimum atomic E-state index is 0.376. The molecule has 0 aromatic heterocycles. The summed E-state index contributed by atoms with van der Waals surface area (Å²) in [4.78, 5) is 0. The van der Waals surface area contributed by atoms with E-state index >= 15 is 0 Å². The number of hydrogen-bond acceptors (Lipinski definition) is 1. The number of hydrogen-bond donors (Lipinski definition) is 1. The van der Waals surface area contributed by atoms with E-state index in [0.717, 1.165) is 11.8 Å². The highest BCUT2D eigenvalue weighted by Gasteiger charge is 2.06. The van der Waals surface area contributed by atoms with E-state index in [1.165, 1.54) is 12.8 Å². The van der Waals surface area contributed by atoms with E-state index in [1.54, 1.807) is 0 Å².